The fourth-order valence-electron chi connectivity index (χ4n) is 2.00. The highest BCUT2D eigenvalue weighted by Gasteiger charge is 2.55. The van der Waals surface area contributed by atoms with Gasteiger partial charge in [0.15, 0.2) is 0 Å². The maximum Gasteiger partial charge on any atom is 0.342 e. The van der Waals surface area contributed by atoms with Crippen molar-refractivity contribution in [3.8, 4) is 0 Å². The summed E-state index contributed by atoms with van der Waals surface area (Å²) in [7, 11) is 0. The largest absolute Gasteiger partial charge is 0.464 e. The van der Waals surface area contributed by atoms with Crippen LogP contribution in [0, 0.1) is 5.41 Å². The molecule has 0 saturated carbocycles. The average Bonchev–Trinajstić information content (AvgIpc) is 2.46. The number of carbonyl (C=O) groups is 1. The Kier molecular flexibility index (Phi) is 5.09. The van der Waals surface area contributed by atoms with E-state index in [0.717, 1.165) is 0 Å². The van der Waals surface area contributed by atoms with E-state index in [2.05, 4.69) is 6.58 Å². The standard InChI is InChI=1S/C16H22O4/c1-5-15(3,4)16(19,14(18)20-6-2)13(17)12-10-8-7-9-11-12/h5,7-11,13,17,19H,1,6H2,2-4H3/t13-,16-/m0/s1. The van der Waals surface area contributed by atoms with E-state index < -0.39 is 23.1 Å². The second-order valence-electron chi connectivity index (χ2n) is 5.23. The summed E-state index contributed by atoms with van der Waals surface area (Å²) in [4.78, 5) is 12.2. The highest BCUT2D eigenvalue weighted by Crippen LogP contribution is 2.42. The Balaban J connectivity index is 3.31. The van der Waals surface area contributed by atoms with Crippen LogP contribution in [0.5, 0.6) is 0 Å². The fourth-order valence-corrected chi connectivity index (χ4v) is 2.00. The summed E-state index contributed by atoms with van der Waals surface area (Å²) in [6, 6.07) is 8.54. The van der Waals surface area contributed by atoms with E-state index in [1.807, 2.05) is 0 Å². The van der Waals surface area contributed by atoms with Crippen molar-refractivity contribution in [2.24, 2.45) is 5.41 Å². The molecule has 0 spiro atoms. The molecule has 0 aliphatic carbocycles. The molecule has 2 N–H and O–H groups in total. The predicted octanol–water partition coefficient (Wildman–Crippen LogP) is 2.23. The van der Waals surface area contributed by atoms with Crippen molar-refractivity contribution in [2.45, 2.75) is 32.5 Å². The highest BCUT2D eigenvalue weighted by atomic mass is 16.6. The molecule has 110 valence electrons. The lowest BCUT2D eigenvalue weighted by molar-refractivity contribution is -0.195. The molecular weight excluding hydrogens is 256 g/mol. The number of aliphatic hydroxyl groups excluding tert-OH is 1. The van der Waals surface area contributed by atoms with Crippen molar-refractivity contribution in [3.63, 3.8) is 0 Å². The molecule has 20 heavy (non-hydrogen) atoms. The number of ether oxygens (including phenoxy) is 1. The van der Waals surface area contributed by atoms with Crippen LogP contribution in [0.25, 0.3) is 0 Å². The molecule has 1 aromatic rings. The smallest absolute Gasteiger partial charge is 0.342 e. The summed E-state index contributed by atoms with van der Waals surface area (Å²) in [5.41, 5.74) is -2.72. The Labute approximate surface area is 119 Å². The van der Waals surface area contributed by atoms with Gasteiger partial charge in [-0.25, -0.2) is 4.79 Å². The van der Waals surface area contributed by atoms with Gasteiger partial charge in [0.05, 0.1) is 6.61 Å². The Morgan fingerprint density at radius 1 is 1.40 bits per heavy atom. The van der Waals surface area contributed by atoms with Crippen LogP contribution in [0.1, 0.15) is 32.4 Å². The Bertz CT molecular complexity index is 467. The molecule has 0 aliphatic heterocycles. The van der Waals surface area contributed by atoms with Gasteiger partial charge in [0.1, 0.15) is 6.10 Å². The van der Waals surface area contributed by atoms with Crippen LogP contribution in [-0.2, 0) is 9.53 Å². The van der Waals surface area contributed by atoms with E-state index in [1.165, 1.54) is 6.08 Å². The van der Waals surface area contributed by atoms with Crippen molar-refractivity contribution in [3.05, 3.63) is 48.6 Å². The number of esters is 1. The molecule has 0 aliphatic rings. The van der Waals surface area contributed by atoms with E-state index in [0.29, 0.717) is 5.56 Å². The van der Waals surface area contributed by atoms with Crippen molar-refractivity contribution in [2.75, 3.05) is 6.61 Å². The molecule has 1 aromatic carbocycles. The normalized spacial score (nSPS) is 16.1. The van der Waals surface area contributed by atoms with Crippen molar-refractivity contribution in [1.82, 2.24) is 0 Å². The van der Waals surface area contributed by atoms with Crippen LogP contribution >= 0.6 is 0 Å². The number of hydrogen-bond acceptors (Lipinski definition) is 4. The van der Waals surface area contributed by atoms with Crippen molar-refractivity contribution in [1.29, 1.82) is 0 Å². The van der Waals surface area contributed by atoms with E-state index >= 15 is 0 Å². The molecule has 4 nitrogen and oxygen atoms in total. The molecule has 0 amide bonds. The summed E-state index contributed by atoms with van der Waals surface area (Å²) in [6.07, 6.45) is 0.0338. The topological polar surface area (TPSA) is 66.8 Å². The Morgan fingerprint density at radius 3 is 2.40 bits per heavy atom. The summed E-state index contributed by atoms with van der Waals surface area (Å²) in [6.45, 7) is 8.66. The highest BCUT2D eigenvalue weighted by molar-refractivity contribution is 5.82. The first-order valence-corrected chi connectivity index (χ1v) is 6.57. The monoisotopic (exact) mass is 278 g/mol. The summed E-state index contributed by atoms with van der Waals surface area (Å²) >= 11 is 0. The van der Waals surface area contributed by atoms with Crippen LogP contribution in [0.4, 0.5) is 0 Å². The van der Waals surface area contributed by atoms with E-state index in [1.54, 1.807) is 51.1 Å². The molecule has 2 atom stereocenters. The maximum atomic E-state index is 12.2. The van der Waals surface area contributed by atoms with Crippen LogP contribution in [0.2, 0.25) is 0 Å². The van der Waals surface area contributed by atoms with Gasteiger partial charge in [-0.2, -0.15) is 0 Å². The lowest BCUT2D eigenvalue weighted by atomic mass is 9.70. The molecule has 0 aromatic heterocycles. The molecule has 0 saturated heterocycles. The second kappa shape index (κ2) is 6.20. The lowest BCUT2D eigenvalue weighted by Gasteiger charge is -2.41. The number of carbonyl (C=O) groups excluding carboxylic acids is 1. The third-order valence-corrected chi connectivity index (χ3v) is 3.59. The molecule has 0 radical (unpaired) electrons. The quantitative estimate of drug-likeness (QED) is 0.618. The lowest BCUT2D eigenvalue weighted by Crippen LogP contribution is -2.55. The molecule has 0 fully saturated rings. The van der Waals surface area contributed by atoms with E-state index in [9.17, 15) is 15.0 Å². The zero-order valence-electron chi connectivity index (χ0n) is 12.2. The molecule has 1 rings (SSSR count). The van der Waals surface area contributed by atoms with Gasteiger partial charge < -0.3 is 14.9 Å². The van der Waals surface area contributed by atoms with Crippen LogP contribution < -0.4 is 0 Å². The van der Waals surface area contributed by atoms with Gasteiger partial charge in [0, 0.05) is 5.41 Å². The van der Waals surface area contributed by atoms with Crippen molar-refractivity contribution >= 4 is 5.97 Å². The number of rotatable bonds is 6. The van der Waals surface area contributed by atoms with E-state index in [-0.39, 0.29) is 6.61 Å². The first kappa shape index (κ1) is 16.4. The van der Waals surface area contributed by atoms with Crippen LogP contribution in [0.15, 0.2) is 43.0 Å². The molecular formula is C16H22O4. The first-order valence-electron chi connectivity index (χ1n) is 6.57. The fraction of sp³-hybridized carbons (Fsp3) is 0.438. The Hall–Kier alpha value is -1.65. The Morgan fingerprint density at radius 2 is 1.95 bits per heavy atom. The first-order chi connectivity index (χ1) is 9.31. The minimum atomic E-state index is -2.11. The third-order valence-electron chi connectivity index (χ3n) is 3.59. The average molecular weight is 278 g/mol. The SMILES string of the molecule is C=CC(C)(C)[C@@](O)(C(=O)OCC)[C@@H](O)c1ccccc1. The summed E-state index contributed by atoms with van der Waals surface area (Å²) < 4.78 is 4.94. The summed E-state index contributed by atoms with van der Waals surface area (Å²) in [5.74, 6) is -0.860. The van der Waals surface area contributed by atoms with Gasteiger partial charge >= 0.3 is 5.97 Å². The summed E-state index contributed by atoms with van der Waals surface area (Å²) in [5, 5.41) is 21.4. The number of aliphatic hydroxyl groups is 2. The molecule has 4 heteroatoms. The zero-order valence-corrected chi connectivity index (χ0v) is 12.2. The number of benzene rings is 1. The minimum Gasteiger partial charge on any atom is -0.464 e. The second-order valence-corrected chi connectivity index (χ2v) is 5.23. The third kappa shape index (κ3) is 2.76. The van der Waals surface area contributed by atoms with Gasteiger partial charge in [-0.1, -0.05) is 50.3 Å². The van der Waals surface area contributed by atoms with Gasteiger partial charge in [-0.15, -0.1) is 6.58 Å². The molecule has 0 unspecified atom stereocenters. The van der Waals surface area contributed by atoms with Gasteiger partial charge in [0.2, 0.25) is 5.60 Å². The maximum absolute atomic E-state index is 12.2. The minimum absolute atomic E-state index is 0.121. The zero-order chi connectivity index (χ0) is 15.4. The van der Waals surface area contributed by atoms with Gasteiger partial charge in [-0.3, -0.25) is 0 Å². The number of hydrogen-bond donors (Lipinski definition) is 2. The van der Waals surface area contributed by atoms with Crippen molar-refractivity contribution < 1.29 is 19.7 Å². The van der Waals surface area contributed by atoms with Crippen LogP contribution in [0.3, 0.4) is 0 Å². The van der Waals surface area contributed by atoms with E-state index in [4.69, 9.17) is 4.74 Å². The molecule has 0 heterocycles. The predicted molar refractivity (Wildman–Crippen MR) is 77.0 cm³/mol. The molecule has 0 bridgehead atoms. The van der Waals surface area contributed by atoms with Gasteiger partial charge in [-0.05, 0) is 12.5 Å². The van der Waals surface area contributed by atoms with Gasteiger partial charge in [0.25, 0.3) is 0 Å². The van der Waals surface area contributed by atoms with Crippen LogP contribution in [-0.4, -0.2) is 28.4 Å².